The van der Waals surface area contributed by atoms with Crippen LogP contribution in [0.3, 0.4) is 0 Å². The number of carbonyl (C=O) groups excluding carboxylic acids is 1. The molecule has 10 heteroatoms. The van der Waals surface area contributed by atoms with Gasteiger partial charge in [-0.05, 0) is 46.1 Å². The first-order chi connectivity index (χ1) is 13.3. The molecule has 0 unspecified atom stereocenters. The summed E-state index contributed by atoms with van der Waals surface area (Å²) in [5.41, 5.74) is 1.40. The monoisotopic (exact) mass is 468 g/mol. The number of anilines is 1. The van der Waals surface area contributed by atoms with Crippen LogP contribution < -0.4 is 15.4 Å². The van der Waals surface area contributed by atoms with Crippen LogP contribution in [0.2, 0.25) is 0 Å². The summed E-state index contributed by atoms with van der Waals surface area (Å²) in [5, 5.41) is 7.99. The fourth-order valence-corrected chi connectivity index (χ4v) is 3.73. The third kappa shape index (κ3) is 5.28. The Hall–Kier alpha value is -2.01. The molecule has 0 saturated carbocycles. The molecule has 0 atom stereocenters. The predicted molar refractivity (Wildman–Crippen MR) is 109 cm³/mol. The Bertz CT molecular complexity index is 945. The third-order valence-electron chi connectivity index (χ3n) is 4.34. The van der Waals surface area contributed by atoms with Crippen molar-refractivity contribution in [2.24, 2.45) is 5.14 Å². The molecule has 3 N–H and O–H groups in total. The van der Waals surface area contributed by atoms with Crippen molar-refractivity contribution >= 4 is 37.7 Å². The van der Waals surface area contributed by atoms with Crippen LogP contribution in [0.1, 0.15) is 15.9 Å². The van der Waals surface area contributed by atoms with Gasteiger partial charge in [-0.2, -0.15) is 0 Å². The smallest absolute Gasteiger partial charge is 0.255 e. The van der Waals surface area contributed by atoms with Gasteiger partial charge in [-0.1, -0.05) is 12.1 Å². The van der Waals surface area contributed by atoms with Gasteiger partial charge in [0.05, 0.1) is 23.7 Å². The molecule has 1 aliphatic heterocycles. The Morgan fingerprint density at radius 3 is 2.57 bits per heavy atom. The van der Waals surface area contributed by atoms with Crippen LogP contribution in [-0.4, -0.2) is 52.2 Å². The largest absolute Gasteiger partial charge is 0.378 e. The maximum absolute atomic E-state index is 12.7. The maximum Gasteiger partial charge on any atom is 0.255 e. The van der Waals surface area contributed by atoms with Crippen molar-refractivity contribution < 1.29 is 17.9 Å². The second-order valence-electron chi connectivity index (χ2n) is 6.32. The summed E-state index contributed by atoms with van der Waals surface area (Å²) in [5.74, 6) is 0.429. The van der Waals surface area contributed by atoms with E-state index in [0.717, 1.165) is 10.0 Å². The van der Waals surface area contributed by atoms with Gasteiger partial charge in [-0.25, -0.2) is 18.5 Å². The lowest BCUT2D eigenvalue weighted by Crippen LogP contribution is -2.38. The lowest BCUT2D eigenvalue weighted by atomic mass is 10.1. The molecule has 3 rings (SSSR count). The van der Waals surface area contributed by atoms with E-state index >= 15 is 0 Å². The van der Waals surface area contributed by atoms with Crippen molar-refractivity contribution in [3.05, 3.63) is 52.1 Å². The topological polar surface area (TPSA) is 115 Å². The standard InChI is InChI=1S/C18H21BrN4O4S/c19-14-11-16(17(22-12-14)23-7-9-27-10-8-23)18(24)21-6-5-13-1-3-15(4-2-13)28(20,25)26/h1-4,11-12H,5-10H2,(H,21,24)(H2,20,25,26). The molecule has 28 heavy (non-hydrogen) atoms. The molecule has 0 bridgehead atoms. The number of pyridine rings is 1. The van der Waals surface area contributed by atoms with Gasteiger partial charge in [0.1, 0.15) is 5.82 Å². The average molecular weight is 469 g/mol. The summed E-state index contributed by atoms with van der Waals surface area (Å²) < 4.78 is 28.7. The van der Waals surface area contributed by atoms with Crippen molar-refractivity contribution in [1.82, 2.24) is 10.3 Å². The minimum absolute atomic E-state index is 0.0654. The molecule has 1 aromatic heterocycles. The van der Waals surface area contributed by atoms with Gasteiger partial charge in [-0.3, -0.25) is 4.79 Å². The number of morpholine rings is 1. The average Bonchev–Trinajstić information content (AvgIpc) is 2.68. The third-order valence-corrected chi connectivity index (χ3v) is 5.70. The number of nitrogens with two attached hydrogens (primary N) is 1. The number of rotatable bonds is 6. The number of hydrogen-bond acceptors (Lipinski definition) is 6. The lowest BCUT2D eigenvalue weighted by molar-refractivity contribution is 0.0952. The lowest BCUT2D eigenvalue weighted by Gasteiger charge is -2.29. The maximum atomic E-state index is 12.7. The summed E-state index contributed by atoms with van der Waals surface area (Å²) in [6.45, 7) is 2.99. The first kappa shape index (κ1) is 20.7. The van der Waals surface area contributed by atoms with Crippen LogP contribution in [0.4, 0.5) is 5.82 Å². The molecule has 1 saturated heterocycles. The molecule has 0 radical (unpaired) electrons. The minimum atomic E-state index is -3.70. The SMILES string of the molecule is NS(=O)(=O)c1ccc(CCNC(=O)c2cc(Br)cnc2N2CCOCC2)cc1. The Labute approximate surface area is 172 Å². The first-order valence-electron chi connectivity index (χ1n) is 8.73. The second-order valence-corrected chi connectivity index (χ2v) is 8.80. The van der Waals surface area contributed by atoms with E-state index in [9.17, 15) is 13.2 Å². The van der Waals surface area contributed by atoms with Crippen molar-refractivity contribution in [3.63, 3.8) is 0 Å². The molecule has 2 heterocycles. The summed E-state index contributed by atoms with van der Waals surface area (Å²) in [4.78, 5) is 19.2. The molecular formula is C18H21BrN4O4S. The van der Waals surface area contributed by atoms with E-state index in [1.54, 1.807) is 24.4 Å². The number of nitrogens with zero attached hydrogens (tertiary/aromatic N) is 2. The van der Waals surface area contributed by atoms with Gasteiger partial charge in [0.25, 0.3) is 5.91 Å². The van der Waals surface area contributed by atoms with E-state index in [0.29, 0.717) is 50.7 Å². The first-order valence-corrected chi connectivity index (χ1v) is 11.1. The van der Waals surface area contributed by atoms with Gasteiger partial charge >= 0.3 is 0 Å². The van der Waals surface area contributed by atoms with Gasteiger partial charge in [0, 0.05) is 30.3 Å². The number of benzene rings is 1. The minimum Gasteiger partial charge on any atom is -0.378 e. The molecule has 8 nitrogen and oxygen atoms in total. The Morgan fingerprint density at radius 2 is 1.93 bits per heavy atom. The second kappa shape index (κ2) is 8.99. The summed E-state index contributed by atoms with van der Waals surface area (Å²) in [7, 11) is -3.70. The molecule has 0 aliphatic carbocycles. The Kier molecular flexibility index (Phi) is 6.65. The fraction of sp³-hybridized carbons (Fsp3) is 0.333. The van der Waals surface area contributed by atoms with Gasteiger partial charge in [0.15, 0.2) is 0 Å². The number of hydrogen-bond donors (Lipinski definition) is 2. The molecule has 2 aromatic rings. The summed E-state index contributed by atoms with van der Waals surface area (Å²) in [6.07, 6.45) is 2.24. The zero-order valence-electron chi connectivity index (χ0n) is 15.1. The molecule has 1 aromatic carbocycles. The van der Waals surface area contributed by atoms with Crippen molar-refractivity contribution in [1.29, 1.82) is 0 Å². The molecular weight excluding hydrogens is 448 g/mol. The predicted octanol–water partition coefficient (Wildman–Crippen LogP) is 1.30. The van der Waals surface area contributed by atoms with Gasteiger partial charge in [0.2, 0.25) is 10.0 Å². The number of ether oxygens (including phenoxy) is 1. The highest BCUT2D eigenvalue weighted by Crippen LogP contribution is 2.22. The quantitative estimate of drug-likeness (QED) is 0.659. The van der Waals surface area contributed by atoms with Crippen LogP contribution in [0.5, 0.6) is 0 Å². The molecule has 1 fully saturated rings. The van der Waals surface area contributed by atoms with Crippen LogP contribution in [-0.2, 0) is 21.2 Å². The highest BCUT2D eigenvalue weighted by Gasteiger charge is 2.20. The number of amides is 1. The van der Waals surface area contributed by atoms with E-state index in [1.165, 1.54) is 12.1 Å². The highest BCUT2D eigenvalue weighted by molar-refractivity contribution is 9.10. The van der Waals surface area contributed by atoms with Crippen LogP contribution >= 0.6 is 15.9 Å². The number of nitrogens with one attached hydrogen (secondary N) is 1. The number of sulfonamides is 1. The molecule has 1 amide bonds. The van der Waals surface area contributed by atoms with Crippen molar-refractivity contribution in [3.8, 4) is 0 Å². The zero-order valence-corrected chi connectivity index (χ0v) is 17.5. The normalized spacial score (nSPS) is 14.7. The summed E-state index contributed by atoms with van der Waals surface area (Å²) >= 11 is 3.37. The summed E-state index contributed by atoms with van der Waals surface area (Å²) in [6, 6.07) is 8.05. The molecule has 150 valence electrons. The zero-order chi connectivity index (χ0) is 20.1. The fourth-order valence-electron chi connectivity index (χ4n) is 2.89. The van der Waals surface area contributed by atoms with Crippen molar-refractivity contribution in [2.45, 2.75) is 11.3 Å². The van der Waals surface area contributed by atoms with E-state index in [-0.39, 0.29) is 10.8 Å². The van der Waals surface area contributed by atoms with Gasteiger partial charge < -0.3 is 15.0 Å². The number of carbonyl (C=O) groups is 1. The van der Waals surface area contributed by atoms with E-state index in [2.05, 4.69) is 26.2 Å². The van der Waals surface area contributed by atoms with E-state index in [1.807, 2.05) is 4.90 Å². The number of aromatic nitrogens is 1. The Morgan fingerprint density at radius 1 is 1.25 bits per heavy atom. The van der Waals surface area contributed by atoms with Crippen molar-refractivity contribution in [2.75, 3.05) is 37.7 Å². The highest BCUT2D eigenvalue weighted by atomic mass is 79.9. The van der Waals surface area contributed by atoms with E-state index < -0.39 is 10.0 Å². The van der Waals surface area contributed by atoms with Gasteiger partial charge in [-0.15, -0.1) is 0 Å². The molecule has 1 aliphatic rings. The number of primary sulfonamides is 1. The Balaban J connectivity index is 1.64. The van der Waals surface area contributed by atoms with E-state index in [4.69, 9.17) is 9.88 Å². The molecule has 0 spiro atoms. The van der Waals surface area contributed by atoms with Crippen LogP contribution in [0, 0.1) is 0 Å². The van der Waals surface area contributed by atoms with Crippen LogP contribution in [0.15, 0.2) is 45.9 Å². The van der Waals surface area contributed by atoms with Crippen LogP contribution in [0.25, 0.3) is 0 Å². The number of halogens is 1.